The van der Waals surface area contributed by atoms with Crippen LogP contribution in [0.15, 0.2) is 0 Å². The van der Waals surface area contributed by atoms with Crippen molar-refractivity contribution < 1.29 is 14.7 Å². The van der Waals surface area contributed by atoms with Crippen LogP contribution in [0, 0.1) is 35.5 Å². The summed E-state index contributed by atoms with van der Waals surface area (Å²) < 4.78 is 0. The first kappa shape index (κ1) is 15.5. The molecule has 0 radical (unpaired) electrons. The standard InChI is InChI=1S/C19H29NO3/c1-20(18(21)13-2-4-14(5-3-13)19(22)23)17-15-7-11-6-12(9-15)10-16(17)8-11/h11-17H,2-10H2,1H3,(H,22,23). The van der Waals surface area contributed by atoms with E-state index < -0.39 is 5.97 Å². The average molecular weight is 319 g/mol. The summed E-state index contributed by atoms with van der Waals surface area (Å²) in [5, 5.41) is 9.12. The molecule has 0 aromatic carbocycles. The van der Waals surface area contributed by atoms with Crippen LogP contribution in [0.1, 0.15) is 57.8 Å². The third-order valence-electron chi connectivity index (χ3n) is 7.40. The van der Waals surface area contributed by atoms with Crippen LogP contribution in [0.2, 0.25) is 0 Å². The van der Waals surface area contributed by atoms with Crippen LogP contribution in [0.25, 0.3) is 0 Å². The Morgan fingerprint density at radius 2 is 1.30 bits per heavy atom. The lowest BCUT2D eigenvalue weighted by Crippen LogP contribution is -2.57. The zero-order valence-corrected chi connectivity index (χ0v) is 14.1. The fourth-order valence-corrected chi connectivity index (χ4v) is 6.55. The molecule has 5 saturated carbocycles. The van der Waals surface area contributed by atoms with Crippen LogP contribution in [0.3, 0.4) is 0 Å². The Balaban J connectivity index is 1.40. The van der Waals surface area contributed by atoms with Crippen LogP contribution < -0.4 is 0 Å². The predicted octanol–water partition coefficient (Wildman–Crippen LogP) is 3.16. The second-order valence-corrected chi connectivity index (χ2v) is 8.76. The predicted molar refractivity (Wildman–Crippen MR) is 86.7 cm³/mol. The smallest absolute Gasteiger partial charge is 0.306 e. The van der Waals surface area contributed by atoms with Gasteiger partial charge in [0.05, 0.1) is 5.92 Å². The normalized spacial score (nSPS) is 45.0. The summed E-state index contributed by atoms with van der Waals surface area (Å²) in [6, 6.07) is 0.465. The van der Waals surface area contributed by atoms with Gasteiger partial charge in [0.25, 0.3) is 0 Å². The Bertz CT molecular complexity index is 467. The lowest BCUT2D eigenvalue weighted by atomic mass is 9.54. The number of carbonyl (C=O) groups is 2. The molecule has 5 aliphatic rings. The quantitative estimate of drug-likeness (QED) is 0.869. The Kier molecular flexibility index (Phi) is 3.89. The molecule has 0 heterocycles. The van der Waals surface area contributed by atoms with E-state index in [1.54, 1.807) is 0 Å². The first-order valence-electron chi connectivity index (χ1n) is 9.52. The number of carbonyl (C=O) groups excluding carboxylic acids is 1. The van der Waals surface area contributed by atoms with E-state index in [1.807, 2.05) is 7.05 Å². The van der Waals surface area contributed by atoms with Gasteiger partial charge in [-0.3, -0.25) is 9.59 Å². The Hall–Kier alpha value is -1.06. The van der Waals surface area contributed by atoms with Crippen molar-refractivity contribution in [2.24, 2.45) is 35.5 Å². The first-order valence-corrected chi connectivity index (χ1v) is 9.52. The molecule has 4 heteroatoms. The number of hydrogen-bond donors (Lipinski definition) is 1. The summed E-state index contributed by atoms with van der Waals surface area (Å²) in [7, 11) is 2.03. The lowest BCUT2D eigenvalue weighted by molar-refractivity contribution is -0.150. The van der Waals surface area contributed by atoms with Gasteiger partial charge in [-0.25, -0.2) is 0 Å². The van der Waals surface area contributed by atoms with E-state index in [2.05, 4.69) is 4.90 Å². The van der Waals surface area contributed by atoms with E-state index in [0.29, 0.717) is 24.8 Å². The second-order valence-electron chi connectivity index (χ2n) is 8.76. The van der Waals surface area contributed by atoms with Gasteiger partial charge in [-0.1, -0.05) is 0 Å². The third-order valence-corrected chi connectivity index (χ3v) is 7.40. The molecular weight excluding hydrogens is 290 g/mol. The highest BCUT2D eigenvalue weighted by Gasteiger charge is 2.50. The molecule has 1 N–H and O–H groups in total. The first-order chi connectivity index (χ1) is 11.0. The molecular formula is C19H29NO3. The largest absolute Gasteiger partial charge is 0.481 e. The van der Waals surface area contributed by atoms with Crippen molar-refractivity contribution in [2.45, 2.75) is 63.8 Å². The van der Waals surface area contributed by atoms with E-state index in [0.717, 1.165) is 36.5 Å². The van der Waals surface area contributed by atoms with Crippen molar-refractivity contribution in [3.05, 3.63) is 0 Å². The summed E-state index contributed by atoms with van der Waals surface area (Å²) in [5.41, 5.74) is 0. The van der Waals surface area contributed by atoms with Crippen LogP contribution in [0.4, 0.5) is 0 Å². The number of amides is 1. The van der Waals surface area contributed by atoms with Gasteiger partial charge < -0.3 is 10.0 Å². The van der Waals surface area contributed by atoms with Gasteiger partial charge in [0.1, 0.15) is 0 Å². The van der Waals surface area contributed by atoms with Crippen molar-refractivity contribution in [1.82, 2.24) is 4.90 Å². The van der Waals surface area contributed by atoms with Crippen molar-refractivity contribution >= 4 is 11.9 Å². The zero-order chi connectivity index (χ0) is 16.1. The van der Waals surface area contributed by atoms with Crippen LogP contribution >= 0.6 is 0 Å². The van der Waals surface area contributed by atoms with Crippen LogP contribution in [0.5, 0.6) is 0 Å². The molecule has 1 amide bonds. The molecule has 0 aromatic rings. The maximum absolute atomic E-state index is 13.0. The highest BCUT2D eigenvalue weighted by Crippen LogP contribution is 2.55. The maximum atomic E-state index is 13.0. The molecule has 0 atom stereocenters. The van der Waals surface area contributed by atoms with Crippen LogP contribution in [-0.2, 0) is 9.59 Å². The molecule has 0 spiro atoms. The molecule has 4 nitrogen and oxygen atoms in total. The van der Waals surface area contributed by atoms with E-state index in [-0.39, 0.29) is 11.8 Å². The zero-order valence-electron chi connectivity index (χ0n) is 14.1. The number of carboxylic acids is 1. The minimum Gasteiger partial charge on any atom is -0.481 e. The van der Waals surface area contributed by atoms with Crippen molar-refractivity contribution in [1.29, 1.82) is 0 Å². The summed E-state index contributed by atoms with van der Waals surface area (Å²) in [6.45, 7) is 0. The van der Waals surface area contributed by atoms with Gasteiger partial charge >= 0.3 is 5.97 Å². The molecule has 5 fully saturated rings. The van der Waals surface area contributed by atoms with Crippen molar-refractivity contribution in [2.75, 3.05) is 7.05 Å². The van der Waals surface area contributed by atoms with Gasteiger partial charge in [0, 0.05) is 19.0 Å². The minimum absolute atomic E-state index is 0.0628. The van der Waals surface area contributed by atoms with Gasteiger partial charge in [-0.05, 0) is 81.5 Å². The summed E-state index contributed by atoms with van der Waals surface area (Å²) in [6.07, 6.45) is 9.63. The molecule has 5 rings (SSSR count). The number of carboxylic acid groups (broad SMARTS) is 1. The number of hydrogen-bond acceptors (Lipinski definition) is 2. The molecule has 0 aromatic heterocycles. The van der Waals surface area contributed by atoms with Crippen molar-refractivity contribution in [3.63, 3.8) is 0 Å². The highest BCUT2D eigenvalue weighted by molar-refractivity contribution is 5.79. The van der Waals surface area contributed by atoms with Gasteiger partial charge in [0.2, 0.25) is 5.91 Å². The Morgan fingerprint density at radius 1 is 0.826 bits per heavy atom. The minimum atomic E-state index is -0.690. The van der Waals surface area contributed by atoms with E-state index in [1.165, 1.54) is 32.1 Å². The van der Waals surface area contributed by atoms with E-state index in [4.69, 9.17) is 5.11 Å². The van der Waals surface area contributed by atoms with Crippen LogP contribution in [-0.4, -0.2) is 35.0 Å². The number of aliphatic carboxylic acids is 1. The number of rotatable bonds is 3. The lowest BCUT2D eigenvalue weighted by Gasteiger charge is -2.57. The van der Waals surface area contributed by atoms with Gasteiger partial charge in [0.15, 0.2) is 0 Å². The Labute approximate surface area is 138 Å². The fraction of sp³-hybridized carbons (Fsp3) is 0.895. The maximum Gasteiger partial charge on any atom is 0.306 e. The van der Waals surface area contributed by atoms with E-state index >= 15 is 0 Å². The highest BCUT2D eigenvalue weighted by atomic mass is 16.4. The number of nitrogens with zero attached hydrogens (tertiary/aromatic N) is 1. The molecule has 0 saturated heterocycles. The van der Waals surface area contributed by atoms with Crippen molar-refractivity contribution in [3.8, 4) is 0 Å². The average Bonchev–Trinajstić information content (AvgIpc) is 2.53. The topological polar surface area (TPSA) is 57.6 Å². The monoisotopic (exact) mass is 319 g/mol. The second kappa shape index (κ2) is 5.78. The molecule has 4 bridgehead atoms. The third kappa shape index (κ3) is 2.68. The molecule has 23 heavy (non-hydrogen) atoms. The summed E-state index contributed by atoms with van der Waals surface area (Å²) >= 11 is 0. The SMILES string of the molecule is CN(C(=O)C1CCC(C(=O)O)CC1)C1C2CC3CC(C2)CC1C3. The molecule has 0 unspecified atom stereocenters. The fourth-order valence-electron chi connectivity index (χ4n) is 6.55. The molecule has 5 aliphatic carbocycles. The molecule has 0 aliphatic heterocycles. The summed E-state index contributed by atoms with van der Waals surface area (Å²) in [4.78, 5) is 26.2. The van der Waals surface area contributed by atoms with E-state index in [9.17, 15) is 9.59 Å². The van der Waals surface area contributed by atoms with Gasteiger partial charge in [-0.2, -0.15) is 0 Å². The Morgan fingerprint density at radius 3 is 1.78 bits per heavy atom. The molecule has 128 valence electrons. The van der Waals surface area contributed by atoms with Gasteiger partial charge in [-0.15, -0.1) is 0 Å². The summed E-state index contributed by atoms with van der Waals surface area (Å²) in [5.74, 6) is 2.77.